The van der Waals surface area contributed by atoms with Gasteiger partial charge in [0.15, 0.2) is 5.78 Å². The molecular weight excluding hydrogens is 364 g/mol. The van der Waals surface area contributed by atoms with Crippen LogP contribution in [0.5, 0.6) is 5.75 Å². The fraction of sp³-hybridized carbons (Fsp3) is 0.261. The second-order valence-corrected chi connectivity index (χ2v) is 7.56. The van der Waals surface area contributed by atoms with Gasteiger partial charge in [-0.2, -0.15) is 10.1 Å². The Morgan fingerprint density at radius 1 is 1.03 bits per heavy atom. The van der Waals surface area contributed by atoms with Crippen LogP contribution in [-0.4, -0.2) is 27.7 Å². The highest BCUT2D eigenvalue weighted by atomic mass is 16.5. The molecule has 0 saturated heterocycles. The Morgan fingerprint density at radius 3 is 2.52 bits per heavy atom. The number of methoxy groups -OCH3 is 1. The Bertz CT molecular complexity index is 1100. The van der Waals surface area contributed by atoms with Crippen molar-refractivity contribution >= 4 is 11.7 Å². The molecule has 0 radical (unpaired) electrons. The van der Waals surface area contributed by atoms with Gasteiger partial charge in [-0.05, 0) is 42.5 Å². The van der Waals surface area contributed by atoms with E-state index in [9.17, 15) is 4.79 Å². The molecule has 0 unspecified atom stereocenters. The van der Waals surface area contributed by atoms with Crippen LogP contribution in [0.1, 0.15) is 41.8 Å². The van der Waals surface area contributed by atoms with Crippen LogP contribution in [0.25, 0.3) is 0 Å². The van der Waals surface area contributed by atoms with E-state index < -0.39 is 0 Å². The monoisotopic (exact) mass is 386 g/mol. The Labute approximate surface area is 169 Å². The van der Waals surface area contributed by atoms with E-state index in [1.54, 1.807) is 7.11 Å². The van der Waals surface area contributed by atoms with Gasteiger partial charge in [0.05, 0.1) is 7.11 Å². The van der Waals surface area contributed by atoms with Gasteiger partial charge >= 0.3 is 0 Å². The number of allylic oxidation sites excluding steroid dienone is 2. The van der Waals surface area contributed by atoms with Crippen molar-refractivity contribution in [2.45, 2.75) is 31.7 Å². The standard InChI is InChI=1S/C23H22N4O2/c1-14-24-23-25-19-12-17(15-8-10-18(29-2)11-9-15)13-20(28)21(19)22(27(23)26-14)16-6-4-3-5-7-16/h3-11,17,22H,12-13H2,1-2H3,(H,24,25,26)/t17-,22+/m1/s1. The third-order valence-electron chi connectivity index (χ3n) is 5.73. The molecule has 5 rings (SSSR count). The second kappa shape index (κ2) is 6.88. The van der Waals surface area contributed by atoms with E-state index in [0.717, 1.165) is 34.6 Å². The second-order valence-electron chi connectivity index (χ2n) is 7.56. The predicted octanol–water partition coefficient (Wildman–Crippen LogP) is 4.01. The zero-order valence-electron chi connectivity index (χ0n) is 16.4. The third kappa shape index (κ3) is 3.01. The summed E-state index contributed by atoms with van der Waals surface area (Å²) in [6.07, 6.45) is 1.25. The summed E-state index contributed by atoms with van der Waals surface area (Å²) < 4.78 is 7.10. The molecule has 2 aromatic carbocycles. The number of ketones is 1. The number of carbonyl (C=O) groups is 1. The smallest absolute Gasteiger partial charge is 0.226 e. The predicted molar refractivity (Wildman–Crippen MR) is 110 cm³/mol. The fourth-order valence-corrected chi connectivity index (χ4v) is 4.37. The molecule has 3 aromatic rings. The number of hydrogen-bond donors (Lipinski definition) is 1. The first-order chi connectivity index (χ1) is 14.1. The molecule has 6 heteroatoms. The summed E-state index contributed by atoms with van der Waals surface area (Å²) in [7, 11) is 1.66. The number of rotatable bonds is 3. The molecule has 0 saturated carbocycles. The molecule has 1 aliphatic carbocycles. The van der Waals surface area contributed by atoms with Crippen molar-refractivity contribution in [1.29, 1.82) is 0 Å². The summed E-state index contributed by atoms with van der Waals surface area (Å²) in [5, 5.41) is 7.97. The maximum Gasteiger partial charge on any atom is 0.226 e. The summed E-state index contributed by atoms with van der Waals surface area (Å²) in [6, 6.07) is 17.8. The first-order valence-corrected chi connectivity index (χ1v) is 9.79. The number of nitrogens with one attached hydrogen (secondary N) is 1. The van der Waals surface area contributed by atoms with Crippen LogP contribution < -0.4 is 10.1 Å². The highest BCUT2D eigenvalue weighted by molar-refractivity contribution is 6.00. The average Bonchev–Trinajstić information content (AvgIpc) is 3.12. The van der Waals surface area contributed by atoms with Crippen molar-refractivity contribution in [3.63, 3.8) is 0 Å². The van der Waals surface area contributed by atoms with E-state index in [0.29, 0.717) is 18.2 Å². The third-order valence-corrected chi connectivity index (χ3v) is 5.73. The summed E-state index contributed by atoms with van der Waals surface area (Å²) >= 11 is 0. The summed E-state index contributed by atoms with van der Waals surface area (Å²) in [4.78, 5) is 17.9. The zero-order chi connectivity index (χ0) is 20.0. The molecule has 0 amide bonds. The number of aryl methyl sites for hydroxylation is 1. The van der Waals surface area contributed by atoms with Crippen LogP contribution in [0.4, 0.5) is 5.95 Å². The van der Waals surface area contributed by atoms with Crippen LogP contribution in [0.15, 0.2) is 65.9 Å². The minimum atomic E-state index is -0.243. The van der Waals surface area contributed by atoms with Crippen LogP contribution in [0.2, 0.25) is 0 Å². The molecule has 146 valence electrons. The van der Waals surface area contributed by atoms with Crippen molar-refractivity contribution in [2.75, 3.05) is 12.4 Å². The van der Waals surface area contributed by atoms with Crippen LogP contribution >= 0.6 is 0 Å². The minimum Gasteiger partial charge on any atom is -0.497 e. The molecule has 2 heterocycles. The quantitative estimate of drug-likeness (QED) is 0.737. The average molecular weight is 386 g/mol. The lowest BCUT2D eigenvalue weighted by atomic mass is 9.78. The van der Waals surface area contributed by atoms with Crippen molar-refractivity contribution in [3.05, 3.63) is 82.8 Å². The molecule has 1 aromatic heterocycles. The van der Waals surface area contributed by atoms with Crippen LogP contribution in [0, 0.1) is 6.92 Å². The van der Waals surface area contributed by atoms with E-state index >= 15 is 0 Å². The van der Waals surface area contributed by atoms with Gasteiger partial charge in [-0.3, -0.25) is 4.79 Å². The Hall–Kier alpha value is -3.41. The molecule has 1 N–H and O–H groups in total. The number of hydrogen-bond acceptors (Lipinski definition) is 5. The number of fused-ring (bicyclic) bond motifs is 1. The van der Waals surface area contributed by atoms with E-state index in [1.807, 2.05) is 66.2 Å². The lowest BCUT2D eigenvalue weighted by Crippen LogP contribution is -2.33. The SMILES string of the molecule is COc1ccc([C@H]2CC(=O)C3=C(C2)Nc2nc(C)nn2[C@H]3c2ccccc2)cc1. The molecule has 2 aliphatic rings. The number of benzene rings is 2. The first kappa shape index (κ1) is 17.7. The van der Waals surface area contributed by atoms with Gasteiger partial charge in [-0.25, -0.2) is 4.68 Å². The van der Waals surface area contributed by atoms with Gasteiger partial charge in [-0.1, -0.05) is 42.5 Å². The molecule has 29 heavy (non-hydrogen) atoms. The Balaban J connectivity index is 1.57. The Morgan fingerprint density at radius 2 is 1.79 bits per heavy atom. The van der Waals surface area contributed by atoms with Gasteiger partial charge in [0, 0.05) is 17.7 Å². The topological polar surface area (TPSA) is 69.0 Å². The summed E-state index contributed by atoms with van der Waals surface area (Å²) in [6.45, 7) is 1.87. The van der Waals surface area contributed by atoms with Crippen molar-refractivity contribution in [3.8, 4) is 5.75 Å². The van der Waals surface area contributed by atoms with Gasteiger partial charge in [0.25, 0.3) is 0 Å². The number of Topliss-reactive ketones (excluding diaryl/α,β-unsaturated/α-hetero) is 1. The number of aromatic nitrogens is 3. The maximum atomic E-state index is 13.4. The van der Waals surface area contributed by atoms with Crippen molar-refractivity contribution in [2.24, 2.45) is 0 Å². The molecule has 0 bridgehead atoms. The van der Waals surface area contributed by atoms with Crippen molar-refractivity contribution in [1.82, 2.24) is 14.8 Å². The zero-order valence-corrected chi connectivity index (χ0v) is 16.4. The van der Waals surface area contributed by atoms with Gasteiger partial charge in [0.1, 0.15) is 17.6 Å². The molecule has 1 aliphatic heterocycles. The number of anilines is 1. The minimum absolute atomic E-state index is 0.131. The van der Waals surface area contributed by atoms with Gasteiger partial charge in [-0.15, -0.1) is 0 Å². The molecular formula is C23H22N4O2. The molecule has 6 nitrogen and oxygen atoms in total. The van der Waals surface area contributed by atoms with E-state index in [1.165, 1.54) is 0 Å². The fourth-order valence-electron chi connectivity index (χ4n) is 4.37. The number of ether oxygens (including phenoxy) is 1. The van der Waals surface area contributed by atoms with Crippen LogP contribution in [0.3, 0.4) is 0 Å². The maximum absolute atomic E-state index is 13.4. The van der Waals surface area contributed by atoms with Gasteiger partial charge in [0.2, 0.25) is 5.95 Å². The number of carbonyl (C=O) groups excluding carboxylic acids is 1. The lowest BCUT2D eigenvalue weighted by Gasteiger charge is -2.35. The summed E-state index contributed by atoms with van der Waals surface area (Å²) in [5.74, 6) is 2.49. The van der Waals surface area contributed by atoms with E-state index in [2.05, 4.69) is 15.4 Å². The molecule has 2 atom stereocenters. The highest BCUT2D eigenvalue weighted by Crippen LogP contribution is 2.44. The largest absolute Gasteiger partial charge is 0.497 e. The summed E-state index contributed by atoms with van der Waals surface area (Å²) in [5.41, 5.74) is 3.95. The normalized spacial score (nSPS) is 20.7. The lowest BCUT2D eigenvalue weighted by molar-refractivity contribution is -0.116. The first-order valence-electron chi connectivity index (χ1n) is 9.79. The van der Waals surface area contributed by atoms with Gasteiger partial charge < -0.3 is 10.1 Å². The van der Waals surface area contributed by atoms with E-state index in [4.69, 9.17) is 4.74 Å². The highest BCUT2D eigenvalue weighted by Gasteiger charge is 2.39. The molecule has 0 fully saturated rings. The number of nitrogens with zero attached hydrogens (tertiary/aromatic N) is 3. The molecule has 0 spiro atoms. The van der Waals surface area contributed by atoms with Crippen molar-refractivity contribution < 1.29 is 9.53 Å². The van der Waals surface area contributed by atoms with E-state index in [-0.39, 0.29) is 17.7 Å². The van der Waals surface area contributed by atoms with Crippen LogP contribution in [-0.2, 0) is 4.79 Å². The Kier molecular flexibility index (Phi) is 4.19.